The number of aromatic nitrogens is 3. The van der Waals surface area contributed by atoms with Crippen molar-refractivity contribution in [1.82, 2.24) is 14.5 Å². The fourth-order valence-electron chi connectivity index (χ4n) is 2.56. The maximum absolute atomic E-state index is 13.9. The molecular formula is C14H13FIN3S2. The van der Waals surface area contributed by atoms with E-state index in [1.54, 1.807) is 23.5 Å². The van der Waals surface area contributed by atoms with Crippen LogP contribution in [0.5, 0.6) is 0 Å². The summed E-state index contributed by atoms with van der Waals surface area (Å²) < 4.78 is 17.1. The molecule has 0 bridgehead atoms. The van der Waals surface area contributed by atoms with Gasteiger partial charge in [0, 0.05) is 6.07 Å². The number of aryl methyl sites for hydroxylation is 2. The lowest BCUT2D eigenvalue weighted by Gasteiger charge is -2.13. The Kier molecular flexibility index (Phi) is 3.91. The average molecular weight is 433 g/mol. The molecule has 0 aliphatic rings. The van der Waals surface area contributed by atoms with E-state index in [2.05, 4.69) is 16.9 Å². The fourth-order valence-corrected chi connectivity index (χ4v) is 4.36. The number of hydrogen-bond donors (Lipinski definition) is 1. The minimum Gasteiger partial charge on any atom is -0.331 e. The molecule has 0 aliphatic heterocycles. The van der Waals surface area contributed by atoms with Crippen LogP contribution in [0.25, 0.3) is 11.0 Å². The summed E-state index contributed by atoms with van der Waals surface area (Å²) in [5.74, 6) is -0.227. The predicted octanol–water partition coefficient (Wildman–Crippen LogP) is 5.13. The van der Waals surface area contributed by atoms with Crippen molar-refractivity contribution in [2.24, 2.45) is 0 Å². The SMILES string of the molecule is Cc1nc(C)c(C(C)n2c(=S)[nH]c3cc(I)c(F)cc32)s1. The average Bonchev–Trinajstić information content (AvgIpc) is 2.89. The van der Waals surface area contributed by atoms with Gasteiger partial charge >= 0.3 is 0 Å². The molecule has 3 nitrogen and oxygen atoms in total. The van der Waals surface area contributed by atoms with Crippen LogP contribution in [0.4, 0.5) is 4.39 Å². The van der Waals surface area contributed by atoms with Crippen LogP contribution in [0.15, 0.2) is 12.1 Å². The molecule has 2 aromatic heterocycles. The van der Waals surface area contributed by atoms with Gasteiger partial charge in [-0.2, -0.15) is 0 Å². The number of H-pyrrole nitrogens is 1. The van der Waals surface area contributed by atoms with Crippen LogP contribution in [-0.4, -0.2) is 14.5 Å². The highest BCUT2D eigenvalue weighted by Gasteiger charge is 2.19. The Hall–Kier alpha value is -0.800. The highest BCUT2D eigenvalue weighted by atomic mass is 127. The largest absolute Gasteiger partial charge is 0.331 e. The third-order valence-electron chi connectivity index (χ3n) is 3.46. The molecule has 1 aromatic carbocycles. The lowest BCUT2D eigenvalue weighted by molar-refractivity contribution is 0.617. The molecule has 0 radical (unpaired) electrons. The maximum Gasteiger partial charge on any atom is 0.178 e. The summed E-state index contributed by atoms with van der Waals surface area (Å²) in [5.41, 5.74) is 2.65. The van der Waals surface area contributed by atoms with Gasteiger partial charge < -0.3 is 9.55 Å². The number of hydrogen-bond acceptors (Lipinski definition) is 3. The molecule has 3 rings (SSSR count). The Morgan fingerprint density at radius 1 is 1.43 bits per heavy atom. The van der Waals surface area contributed by atoms with E-state index in [9.17, 15) is 4.39 Å². The number of nitrogens with zero attached hydrogens (tertiary/aromatic N) is 2. The highest BCUT2D eigenvalue weighted by Crippen LogP contribution is 2.31. The molecule has 21 heavy (non-hydrogen) atoms. The Morgan fingerprint density at radius 3 is 2.76 bits per heavy atom. The number of aromatic amines is 1. The zero-order valence-corrected chi connectivity index (χ0v) is 15.5. The van der Waals surface area contributed by atoms with E-state index in [0.29, 0.717) is 8.34 Å². The summed E-state index contributed by atoms with van der Waals surface area (Å²) in [5, 5.41) is 1.03. The molecule has 2 heterocycles. The van der Waals surface area contributed by atoms with Gasteiger partial charge in [0.15, 0.2) is 4.77 Å². The number of imidazole rings is 1. The number of halogens is 2. The standard InChI is InChI=1S/C14H13FIN3S2/c1-6-13(21-8(3)17-6)7(2)19-12-4-9(15)10(16)5-11(12)18-14(19)20/h4-5,7H,1-3H3,(H,18,20). The van der Waals surface area contributed by atoms with E-state index in [0.717, 1.165) is 26.6 Å². The monoisotopic (exact) mass is 433 g/mol. The first-order valence-electron chi connectivity index (χ1n) is 6.41. The molecule has 0 fully saturated rings. The van der Waals surface area contributed by atoms with Crippen LogP contribution in [0.3, 0.4) is 0 Å². The number of nitrogens with one attached hydrogen (secondary N) is 1. The number of rotatable bonds is 2. The van der Waals surface area contributed by atoms with E-state index in [4.69, 9.17) is 12.2 Å². The Labute approximate surface area is 144 Å². The molecular weight excluding hydrogens is 420 g/mol. The first kappa shape index (κ1) is 15.1. The van der Waals surface area contributed by atoms with Crippen molar-refractivity contribution >= 4 is 57.2 Å². The predicted molar refractivity (Wildman–Crippen MR) is 95.2 cm³/mol. The topological polar surface area (TPSA) is 33.6 Å². The number of fused-ring (bicyclic) bond motifs is 1. The summed E-state index contributed by atoms with van der Waals surface area (Å²) in [6, 6.07) is 3.36. The summed E-state index contributed by atoms with van der Waals surface area (Å²) in [6.45, 7) is 6.06. The van der Waals surface area contributed by atoms with Crippen molar-refractivity contribution in [3.05, 3.63) is 41.9 Å². The first-order chi connectivity index (χ1) is 9.88. The minimum atomic E-state index is -0.227. The second kappa shape index (κ2) is 5.44. The van der Waals surface area contributed by atoms with Crippen LogP contribution < -0.4 is 0 Å². The molecule has 7 heteroatoms. The van der Waals surface area contributed by atoms with E-state index >= 15 is 0 Å². The van der Waals surface area contributed by atoms with Gasteiger partial charge in [0.2, 0.25) is 0 Å². The van der Waals surface area contributed by atoms with Gasteiger partial charge in [0.05, 0.1) is 36.2 Å². The van der Waals surface area contributed by atoms with Gasteiger partial charge in [-0.1, -0.05) is 0 Å². The molecule has 1 N–H and O–H groups in total. The Bertz CT molecular complexity index is 894. The molecule has 0 spiro atoms. The fraction of sp³-hybridized carbons (Fsp3) is 0.286. The zero-order valence-electron chi connectivity index (χ0n) is 11.7. The third-order valence-corrected chi connectivity index (χ3v) is 5.83. The van der Waals surface area contributed by atoms with Crippen molar-refractivity contribution in [3.8, 4) is 0 Å². The van der Waals surface area contributed by atoms with Gasteiger partial charge in [-0.05, 0) is 61.6 Å². The molecule has 0 saturated carbocycles. The van der Waals surface area contributed by atoms with E-state index < -0.39 is 0 Å². The van der Waals surface area contributed by atoms with E-state index in [-0.39, 0.29) is 11.9 Å². The van der Waals surface area contributed by atoms with Gasteiger partial charge in [0.1, 0.15) is 5.82 Å². The third kappa shape index (κ3) is 2.55. The maximum atomic E-state index is 13.9. The van der Waals surface area contributed by atoms with Crippen molar-refractivity contribution in [2.45, 2.75) is 26.8 Å². The van der Waals surface area contributed by atoms with Gasteiger partial charge in [0.25, 0.3) is 0 Å². The van der Waals surface area contributed by atoms with Crippen molar-refractivity contribution in [1.29, 1.82) is 0 Å². The van der Waals surface area contributed by atoms with Gasteiger partial charge in [-0.25, -0.2) is 9.37 Å². The van der Waals surface area contributed by atoms with Crippen LogP contribution >= 0.6 is 46.1 Å². The van der Waals surface area contributed by atoms with Gasteiger partial charge in [-0.15, -0.1) is 11.3 Å². The summed E-state index contributed by atoms with van der Waals surface area (Å²) in [7, 11) is 0. The van der Waals surface area contributed by atoms with Crippen LogP contribution in [-0.2, 0) is 0 Å². The quantitative estimate of drug-likeness (QED) is 0.450. The highest BCUT2D eigenvalue weighted by molar-refractivity contribution is 14.1. The number of thiazole rings is 1. The summed E-state index contributed by atoms with van der Waals surface area (Å²) >= 11 is 9.08. The second-order valence-corrected chi connectivity index (χ2v) is 7.73. The lowest BCUT2D eigenvalue weighted by atomic mass is 10.2. The Morgan fingerprint density at radius 2 is 2.14 bits per heavy atom. The molecule has 1 unspecified atom stereocenters. The molecule has 0 saturated heterocycles. The molecule has 0 amide bonds. The summed E-state index contributed by atoms with van der Waals surface area (Å²) in [4.78, 5) is 8.79. The van der Waals surface area contributed by atoms with Crippen LogP contribution in [0.2, 0.25) is 0 Å². The Balaban J connectivity index is 2.24. The first-order valence-corrected chi connectivity index (χ1v) is 8.72. The number of benzene rings is 1. The molecule has 110 valence electrons. The van der Waals surface area contributed by atoms with Crippen molar-refractivity contribution in [3.63, 3.8) is 0 Å². The smallest absolute Gasteiger partial charge is 0.178 e. The molecule has 1 atom stereocenters. The summed E-state index contributed by atoms with van der Waals surface area (Å²) in [6.07, 6.45) is 0. The van der Waals surface area contributed by atoms with Crippen LogP contribution in [0.1, 0.15) is 28.5 Å². The second-order valence-electron chi connectivity index (χ2n) is 4.94. The minimum absolute atomic E-state index is 0.0249. The lowest BCUT2D eigenvalue weighted by Crippen LogP contribution is -2.06. The van der Waals surface area contributed by atoms with Crippen molar-refractivity contribution < 1.29 is 4.39 Å². The molecule has 3 aromatic rings. The van der Waals surface area contributed by atoms with E-state index in [1.165, 1.54) is 0 Å². The van der Waals surface area contributed by atoms with Gasteiger partial charge in [-0.3, -0.25) is 0 Å². The van der Waals surface area contributed by atoms with Crippen LogP contribution in [0, 0.1) is 28.0 Å². The van der Waals surface area contributed by atoms with E-state index in [1.807, 2.05) is 41.0 Å². The van der Waals surface area contributed by atoms with Crippen molar-refractivity contribution in [2.75, 3.05) is 0 Å². The molecule has 0 aliphatic carbocycles. The zero-order chi connectivity index (χ0) is 15.3. The normalized spacial score (nSPS) is 13.0.